The van der Waals surface area contributed by atoms with Gasteiger partial charge in [-0.25, -0.2) is 4.79 Å². The fourth-order valence-electron chi connectivity index (χ4n) is 0.650. The lowest BCUT2D eigenvalue weighted by Gasteiger charge is -2.13. The maximum Gasteiger partial charge on any atom is 0.146 e. The minimum atomic E-state index is 0. The molecule has 1 heterocycles. The quantitative estimate of drug-likeness (QED) is 0.375. The first-order valence-electron chi connectivity index (χ1n) is 2.62. The number of piperazine rings is 1. The molecule has 0 aromatic heterocycles. The SMILES string of the molecule is O.O=C=C1CNCCN1. The lowest BCUT2D eigenvalue weighted by molar-refractivity contribution is 0.551. The molecule has 1 saturated heterocycles. The molecule has 4 heteroatoms. The first kappa shape index (κ1) is 8.17. The van der Waals surface area contributed by atoms with Crippen LogP contribution in [0, 0.1) is 0 Å². The van der Waals surface area contributed by atoms with Gasteiger partial charge in [-0.15, -0.1) is 0 Å². The molecule has 0 aromatic carbocycles. The smallest absolute Gasteiger partial charge is 0.146 e. The zero-order chi connectivity index (χ0) is 5.82. The van der Waals surface area contributed by atoms with Crippen molar-refractivity contribution < 1.29 is 10.3 Å². The molecule has 0 aromatic rings. The van der Waals surface area contributed by atoms with Gasteiger partial charge in [0.05, 0.1) is 0 Å². The Bertz CT molecular complexity index is 121. The van der Waals surface area contributed by atoms with Crippen LogP contribution in [0.3, 0.4) is 0 Å². The van der Waals surface area contributed by atoms with Crippen LogP contribution in [0.25, 0.3) is 0 Å². The van der Waals surface area contributed by atoms with Crippen molar-refractivity contribution in [3.63, 3.8) is 0 Å². The molecule has 1 aliphatic rings. The van der Waals surface area contributed by atoms with E-state index in [9.17, 15) is 4.79 Å². The van der Waals surface area contributed by atoms with Crippen molar-refractivity contribution in [2.75, 3.05) is 19.6 Å². The van der Waals surface area contributed by atoms with Gasteiger partial charge in [0, 0.05) is 19.6 Å². The van der Waals surface area contributed by atoms with Gasteiger partial charge in [-0.1, -0.05) is 0 Å². The van der Waals surface area contributed by atoms with Crippen molar-refractivity contribution in [1.29, 1.82) is 0 Å². The van der Waals surface area contributed by atoms with E-state index >= 15 is 0 Å². The highest BCUT2D eigenvalue weighted by Crippen LogP contribution is 1.81. The second kappa shape index (κ2) is 4.09. The summed E-state index contributed by atoms with van der Waals surface area (Å²) >= 11 is 0. The van der Waals surface area contributed by atoms with Crippen molar-refractivity contribution >= 4 is 5.94 Å². The lowest BCUT2D eigenvalue weighted by atomic mass is 10.4. The fourth-order valence-corrected chi connectivity index (χ4v) is 0.650. The molecule has 9 heavy (non-hydrogen) atoms. The molecule has 0 atom stereocenters. The van der Waals surface area contributed by atoms with E-state index in [0.29, 0.717) is 12.2 Å². The summed E-state index contributed by atoms with van der Waals surface area (Å²) in [6, 6.07) is 0. The largest absolute Gasteiger partial charge is 0.412 e. The summed E-state index contributed by atoms with van der Waals surface area (Å²) in [5, 5.41) is 5.92. The summed E-state index contributed by atoms with van der Waals surface area (Å²) in [7, 11) is 0. The summed E-state index contributed by atoms with van der Waals surface area (Å²) in [6.07, 6.45) is 0. The lowest BCUT2D eigenvalue weighted by Crippen LogP contribution is -2.38. The summed E-state index contributed by atoms with van der Waals surface area (Å²) in [5.74, 6) is 1.80. The Morgan fingerprint density at radius 2 is 2.22 bits per heavy atom. The third kappa shape index (κ3) is 2.28. The van der Waals surface area contributed by atoms with Gasteiger partial charge in [0.2, 0.25) is 0 Å². The highest BCUT2D eigenvalue weighted by Gasteiger charge is 2.00. The number of hydrogen-bond donors (Lipinski definition) is 2. The molecular weight excluding hydrogens is 120 g/mol. The molecule has 0 bridgehead atoms. The zero-order valence-corrected chi connectivity index (χ0v) is 5.03. The van der Waals surface area contributed by atoms with E-state index in [1.54, 1.807) is 5.94 Å². The van der Waals surface area contributed by atoms with Crippen LogP contribution in [-0.2, 0) is 4.79 Å². The standard InChI is InChI=1S/C5H8N2O.H2O/c8-4-5-3-6-1-2-7-5;/h6-7H,1-3H2;1H2. The minimum absolute atomic E-state index is 0. The van der Waals surface area contributed by atoms with Gasteiger partial charge in [0.1, 0.15) is 11.6 Å². The number of nitrogens with one attached hydrogen (secondary N) is 2. The zero-order valence-electron chi connectivity index (χ0n) is 5.03. The Hall–Kier alpha value is -0.830. The van der Waals surface area contributed by atoms with Crippen molar-refractivity contribution in [3.8, 4) is 0 Å². The molecule has 4 nitrogen and oxygen atoms in total. The van der Waals surface area contributed by atoms with Gasteiger partial charge in [-0.2, -0.15) is 0 Å². The van der Waals surface area contributed by atoms with Crippen LogP contribution >= 0.6 is 0 Å². The van der Waals surface area contributed by atoms with Gasteiger partial charge >= 0.3 is 0 Å². The molecule has 52 valence electrons. The highest BCUT2D eigenvalue weighted by atomic mass is 16.1. The monoisotopic (exact) mass is 130 g/mol. The Morgan fingerprint density at radius 1 is 1.44 bits per heavy atom. The Kier molecular flexibility index (Phi) is 3.71. The highest BCUT2D eigenvalue weighted by molar-refractivity contribution is 5.52. The van der Waals surface area contributed by atoms with Crippen molar-refractivity contribution in [1.82, 2.24) is 10.6 Å². The predicted molar refractivity (Wildman–Crippen MR) is 33.7 cm³/mol. The van der Waals surface area contributed by atoms with Crippen LogP contribution in [0.5, 0.6) is 0 Å². The van der Waals surface area contributed by atoms with Crippen molar-refractivity contribution in [3.05, 3.63) is 5.70 Å². The van der Waals surface area contributed by atoms with Crippen LogP contribution in [0.15, 0.2) is 5.70 Å². The van der Waals surface area contributed by atoms with Crippen LogP contribution < -0.4 is 10.6 Å². The van der Waals surface area contributed by atoms with Crippen LogP contribution in [0.2, 0.25) is 0 Å². The molecule has 0 spiro atoms. The van der Waals surface area contributed by atoms with E-state index in [-0.39, 0.29) is 5.48 Å². The van der Waals surface area contributed by atoms with E-state index in [4.69, 9.17) is 0 Å². The normalized spacial score (nSPS) is 17.1. The van der Waals surface area contributed by atoms with E-state index < -0.39 is 0 Å². The average Bonchev–Trinajstić information content (AvgIpc) is 1.90. The number of carbonyl (C=O) groups excluding carboxylic acids is 1. The van der Waals surface area contributed by atoms with Crippen LogP contribution in [0.1, 0.15) is 0 Å². The predicted octanol–water partition coefficient (Wildman–Crippen LogP) is -1.93. The molecule has 0 amide bonds. The summed E-state index contributed by atoms with van der Waals surface area (Å²) < 4.78 is 0. The summed E-state index contributed by atoms with van der Waals surface area (Å²) in [5.41, 5.74) is 0.635. The van der Waals surface area contributed by atoms with Crippen molar-refractivity contribution in [2.45, 2.75) is 0 Å². The molecule has 0 unspecified atom stereocenters. The second-order valence-electron chi connectivity index (χ2n) is 1.68. The Balaban J connectivity index is 0.000000640. The summed E-state index contributed by atoms with van der Waals surface area (Å²) in [6.45, 7) is 2.42. The van der Waals surface area contributed by atoms with Gasteiger partial charge in [-0.3, -0.25) is 0 Å². The van der Waals surface area contributed by atoms with E-state index in [1.807, 2.05) is 0 Å². The molecule has 1 fully saturated rings. The maximum absolute atomic E-state index is 9.90. The topological polar surface area (TPSA) is 72.6 Å². The fraction of sp³-hybridized carbons (Fsp3) is 0.600. The van der Waals surface area contributed by atoms with Gasteiger partial charge in [-0.05, 0) is 0 Å². The second-order valence-corrected chi connectivity index (χ2v) is 1.68. The third-order valence-corrected chi connectivity index (χ3v) is 1.07. The van der Waals surface area contributed by atoms with Crippen LogP contribution in [-0.4, -0.2) is 31.1 Å². The van der Waals surface area contributed by atoms with Crippen molar-refractivity contribution in [2.24, 2.45) is 0 Å². The van der Waals surface area contributed by atoms with Gasteiger partial charge in [0.25, 0.3) is 0 Å². The average molecular weight is 130 g/mol. The molecule has 1 rings (SSSR count). The van der Waals surface area contributed by atoms with Gasteiger partial charge < -0.3 is 16.1 Å². The third-order valence-electron chi connectivity index (χ3n) is 1.07. The van der Waals surface area contributed by atoms with E-state index in [0.717, 1.165) is 13.1 Å². The molecule has 0 saturated carbocycles. The maximum atomic E-state index is 9.90. The van der Waals surface area contributed by atoms with E-state index in [1.165, 1.54) is 0 Å². The Labute approximate surface area is 53.2 Å². The Morgan fingerprint density at radius 3 is 2.56 bits per heavy atom. The number of rotatable bonds is 0. The minimum Gasteiger partial charge on any atom is -0.412 e. The molecule has 0 aliphatic carbocycles. The number of hydrogen-bond acceptors (Lipinski definition) is 3. The van der Waals surface area contributed by atoms with E-state index in [2.05, 4.69) is 10.6 Å². The molecule has 4 N–H and O–H groups in total. The summed E-state index contributed by atoms with van der Waals surface area (Å²) in [4.78, 5) is 9.90. The molecule has 1 aliphatic heterocycles. The first-order valence-corrected chi connectivity index (χ1v) is 2.62. The van der Waals surface area contributed by atoms with Gasteiger partial charge in [0.15, 0.2) is 0 Å². The molecular formula is C5H10N2O2. The first-order chi connectivity index (χ1) is 3.93. The molecule has 0 radical (unpaired) electrons. The van der Waals surface area contributed by atoms with Crippen LogP contribution in [0.4, 0.5) is 0 Å².